The van der Waals surface area contributed by atoms with Gasteiger partial charge < -0.3 is 10.6 Å². The Morgan fingerprint density at radius 1 is 1.12 bits per heavy atom. The standard InChI is InChI=1S/C13H26N2.ClH/c1-11-5-2-3-6-12(11)9-15-8-4-7-13(14)10-15;/h11-13H,2-10,14H2,1H3;1H. The number of rotatable bonds is 2. The van der Waals surface area contributed by atoms with Crippen LogP contribution in [0.2, 0.25) is 0 Å². The molecule has 2 N–H and O–H groups in total. The molecular formula is C13H27ClN2. The lowest BCUT2D eigenvalue weighted by atomic mass is 9.80. The van der Waals surface area contributed by atoms with Crippen LogP contribution in [0.15, 0.2) is 0 Å². The van der Waals surface area contributed by atoms with Gasteiger partial charge in [0.1, 0.15) is 0 Å². The van der Waals surface area contributed by atoms with E-state index in [4.69, 9.17) is 5.73 Å². The van der Waals surface area contributed by atoms with E-state index in [1.807, 2.05) is 0 Å². The van der Waals surface area contributed by atoms with Crippen LogP contribution in [-0.2, 0) is 0 Å². The van der Waals surface area contributed by atoms with Gasteiger partial charge in [-0.1, -0.05) is 26.2 Å². The summed E-state index contributed by atoms with van der Waals surface area (Å²) in [7, 11) is 0. The van der Waals surface area contributed by atoms with Gasteiger partial charge in [-0.2, -0.15) is 0 Å². The van der Waals surface area contributed by atoms with E-state index < -0.39 is 0 Å². The van der Waals surface area contributed by atoms with Gasteiger partial charge in [0.15, 0.2) is 0 Å². The van der Waals surface area contributed by atoms with Gasteiger partial charge in [-0.15, -0.1) is 12.4 Å². The molecule has 0 radical (unpaired) electrons. The predicted octanol–water partition coefficient (Wildman–Crippen LogP) is 2.66. The Hall–Kier alpha value is 0.210. The molecule has 1 aliphatic heterocycles. The van der Waals surface area contributed by atoms with Crippen molar-refractivity contribution in [2.24, 2.45) is 17.6 Å². The van der Waals surface area contributed by atoms with Gasteiger partial charge in [-0.05, 0) is 37.6 Å². The van der Waals surface area contributed by atoms with Crippen LogP contribution in [-0.4, -0.2) is 30.6 Å². The molecule has 2 nitrogen and oxygen atoms in total. The SMILES string of the molecule is CC1CCCCC1CN1CCCC(N)C1.Cl. The van der Waals surface area contributed by atoms with Gasteiger partial charge in [0.2, 0.25) is 0 Å². The molecule has 96 valence electrons. The van der Waals surface area contributed by atoms with Crippen LogP contribution in [0, 0.1) is 11.8 Å². The Kier molecular flexibility index (Phi) is 6.09. The number of hydrogen-bond acceptors (Lipinski definition) is 2. The minimum Gasteiger partial charge on any atom is -0.327 e. The summed E-state index contributed by atoms with van der Waals surface area (Å²) in [6.07, 6.45) is 8.35. The van der Waals surface area contributed by atoms with E-state index in [0.29, 0.717) is 6.04 Å². The van der Waals surface area contributed by atoms with E-state index in [1.165, 1.54) is 51.6 Å². The minimum absolute atomic E-state index is 0. The van der Waals surface area contributed by atoms with E-state index in [2.05, 4.69) is 11.8 Å². The summed E-state index contributed by atoms with van der Waals surface area (Å²) in [6.45, 7) is 6.18. The summed E-state index contributed by atoms with van der Waals surface area (Å²) in [5.41, 5.74) is 6.02. The molecule has 3 unspecified atom stereocenters. The monoisotopic (exact) mass is 246 g/mol. The highest BCUT2D eigenvalue weighted by molar-refractivity contribution is 5.85. The third-order valence-corrected chi connectivity index (χ3v) is 4.32. The second-order valence-electron chi connectivity index (χ2n) is 5.68. The highest BCUT2D eigenvalue weighted by Crippen LogP contribution is 2.30. The Bertz CT molecular complexity index is 198. The summed E-state index contributed by atoms with van der Waals surface area (Å²) < 4.78 is 0. The van der Waals surface area contributed by atoms with Crippen LogP contribution >= 0.6 is 12.4 Å². The maximum atomic E-state index is 6.02. The Labute approximate surface area is 106 Å². The van der Waals surface area contributed by atoms with Crippen molar-refractivity contribution in [3.63, 3.8) is 0 Å². The van der Waals surface area contributed by atoms with Crippen molar-refractivity contribution in [2.45, 2.75) is 51.5 Å². The minimum atomic E-state index is 0. The molecule has 2 aliphatic rings. The van der Waals surface area contributed by atoms with Crippen molar-refractivity contribution < 1.29 is 0 Å². The Morgan fingerprint density at radius 2 is 1.88 bits per heavy atom. The lowest BCUT2D eigenvalue weighted by molar-refractivity contribution is 0.133. The topological polar surface area (TPSA) is 29.3 Å². The maximum Gasteiger partial charge on any atom is 0.0168 e. The maximum absolute atomic E-state index is 6.02. The molecule has 1 saturated carbocycles. The number of nitrogens with zero attached hydrogens (tertiary/aromatic N) is 1. The Balaban J connectivity index is 0.00000128. The second-order valence-corrected chi connectivity index (χ2v) is 5.68. The molecule has 3 heteroatoms. The quantitative estimate of drug-likeness (QED) is 0.812. The number of likely N-dealkylation sites (tertiary alicyclic amines) is 1. The molecular weight excluding hydrogens is 220 g/mol. The molecule has 0 bridgehead atoms. The van der Waals surface area contributed by atoms with Gasteiger partial charge >= 0.3 is 0 Å². The molecule has 2 rings (SSSR count). The largest absolute Gasteiger partial charge is 0.327 e. The fourth-order valence-electron chi connectivity index (χ4n) is 3.25. The van der Waals surface area contributed by atoms with Gasteiger partial charge in [-0.3, -0.25) is 0 Å². The summed E-state index contributed by atoms with van der Waals surface area (Å²) in [6, 6.07) is 0.442. The number of nitrogens with two attached hydrogens (primary N) is 1. The number of piperidine rings is 1. The first kappa shape index (κ1) is 14.3. The molecule has 16 heavy (non-hydrogen) atoms. The summed E-state index contributed by atoms with van der Waals surface area (Å²) >= 11 is 0. The molecule has 0 aromatic rings. The van der Waals surface area contributed by atoms with Crippen molar-refractivity contribution in [2.75, 3.05) is 19.6 Å². The first-order valence-corrected chi connectivity index (χ1v) is 6.73. The molecule has 1 heterocycles. The third kappa shape index (κ3) is 3.90. The van der Waals surface area contributed by atoms with E-state index in [9.17, 15) is 0 Å². The number of halogens is 1. The molecule has 1 saturated heterocycles. The fraction of sp³-hybridized carbons (Fsp3) is 1.00. The summed E-state index contributed by atoms with van der Waals surface area (Å²) in [4.78, 5) is 2.61. The van der Waals surface area contributed by atoms with Crippen LogP contribution in [0.1, 0.15) is 45.4 Å². The lowest BCUT2D eigenvalue weighted by Gasteiger charge is -2.37. The van der Waals surface area contributed by atoms with E-state index >= 15 is 0 Å². The van der Waals surface area contributed by atoms with Crippen LogP contribution < -0.4 is 5.73 Å². The molecule has 0 spiro atoms. The van der Waals surface area contributed by atoms with Crippen LogP contribution in [0.4, 0.5) is 0 Å². The highest BCUT2D eigenvalue weighted by atomic mass is 35.5. The molecule has 0 amide bonds. The molecule has 1 aliphatic carbocycles. The zero-order valence-electron chi connectivity index (χ0n) is 10.5. The second kappa shape index (κ2) is 6.83. The highest BCUT2D eigenvalue weighted by Gasteiger charge is 2.25. The van der Waals surface area contributed by atoms with E-state index in [-0.39, 0.29) is 12.4 Å². The van der Waals surface area contributed by atoms with Gasteiger partial charge in [-0.25, -0.2) is 0 Å². The molecule has 0 aromatic heterocycles. The van der Waals surface area contributed by atoms with E-state index in [0.717, 1.165) is 18.4 Å². The van der Waals surface area contributed by atoms with Gasteiger partial charge in [0.25, 0.3) is 0 Å². The Morgan fingerprint density at radius 3 is 2.56 bits per heavy atom. The number of hydrogen-bond donors (Lipinski definition) is 1. The molecule has 2 fully saturated rings. The molecule has 0 aromatic carbocycles. The zero-order valence-corrected chi connectivity index (χ0v) is 11.3. The fourth-order valence-corrected chi connectivity index (χ4v) is 3.25. The normalized spacial score (nSPS) is 36.8. The smallest absolute Gasteiger partial charge is 0.0168 e. The van der Waals surface area contributed by atoms with Crippen molar-refractivity contribution in [3.05, 3.63) is 0 Å². The third-order valence-electron chi connectivity index (χ3n) is 4.32. The predicted molar refractivity (Wildman–Crippen MR) is 72.0 cm³/mol. The van der Waals surface area contributed by atoms with Crippen molar-refractivity contribution in [1.29, 1.82) is 0 Å². The first-order chi connectivity index (χ1) is 7.25. The first-order valence-electron chi connectivity index (χ1n) is 6.73. The van der Waals surface area contributed by atoms with Crippen molar-refractivity contribution in [1.82, 2.24) is 4.90 Å². The zero-order chi connectivity index (χ0) is 10.7. The van der Waals surface area contributed by atoms with Crippen LogP contribution in [0.25, 0.3) is 0 Å². The van der Waals surface area contributed by atoms with Gasteiger partial charge in [0.05, 0.1) is 0 Å². The van der Waals surface area contributed by atoms with E-state index in [1.54, 1.807) is 0 Å². The molecule has 3 atom stereocenters. The average molecular weight is 247 g/mol. The average Bonchev–Trinajstić information content (AvgIpc) is 2.22. The summed E-state index contributed by atoms with van der Waals surface area (Å²) in [5, 5.41) is 0. The van der Waals surface area contributed by atoms with Crippen LogP contribution in [0.3, 0.4) is 0 Å². The van der Waals surface area contributed by atoms with Crippen LogP contribution in [0.5, 0.6) is 0 Å². The lowest BCUT2D eigenvalue weighted by Crippen LogP contribution is -2.45. The van der Waals surface area contributed by atoms with Gasteiger partial charge in [0, 0.05) is 19.1 Å². The van der Waals surface area contributed by atoms with Crippen molar-refractivity contribution >= 4 is 12.4 Å². The summed E-state index contributed by atoms with van der Waals surface area (Å²) in [5.74, 6) is 1.89. The van der Waals surface area contributed by atoms with Crippen molar-refractivity contribution in [3.8, 4) is 0 Å².